The van der Waals surface area contributed by atoms with Crippen LogP contribution >= 0.6 is 11.6 Å². The van der Waals surface area contributed by atoms with E-state index in [4.69, 9.17) is 21.5 Å². The van der Waals surface area contributed by atoms with Crippen molar-refractivity contribution in [1.29, 1.82) is 0 Å². The first-order valence-electron chi connectivity index (χ1n) is 6.99. The Morgan fingerprint density at radius 1 is 1.15 bits per heavy atom. The highest BCUT2D eigenvalue weighted by atomic mass is 35.5. The van der Waals surface area contributed by atoms with Crippen LogP contribution in [0.15, 0.2) is 40.6 Å². The zero-order chi connectivity index (χ0) is 20.4. The Labute approximate surface area is 159 Å². The molecule has 0 saturated heterocycles. The molecule has 0 bridgehead atoms. The van der Waals surface area contributed by atoms with Crippen LogP contribution in [0.1, 0.15) is 5.56 Å². The summed E-state index contributed by atoms with van der Waals surface area (Å²) in [5.41, 5.74) is -0.521. The maximum Gasteiger partial charge on any atom is 0.255 e. The summed E-state index contributed by atoms with van der Waals surface area (Å²) < 4.78 is 81.4. The monoisotopic (exact) mass is 438 g/mol. The Hall–Kier alpha value is -2.21. The number of hydrogen-bond acceptors (Lipinski definition) is 5. The molecule has 146 valence electrons. The molecule has 3 N–H and O–H groups in total. The molecule has 0 fully saturated rings. The molecule has 2 rings (SSSR count). The van der Waals surface area contributed by atoms with Crippen molar-refractivity contribution in [1.82, 2.24) is 0 Å². The standard InChI is InChI=1S/C15H13ClF2N2O5S2/c1-25-14-6-10(16)3-2-9(14)4-5-26(21,22)20-13-8-11(17)7-12(18)15(13)27(19,23)24/h2-8,20H,1H3,(H2,19,23,24). The third-order valence-corrected chi connectivity index (χ3v) is 5.39. The topological polar surface area (TPSA) is 116 Å². The van der Waals surface area contributed by atoms with Gasteiger partial charge in [-0.1, -0.05) is 11.6 Å². The Morgan fingerprint density at radius 2 is 1.81 bits per heavy atom. The van der Waals surface area contributed by atoms with E-state index in [0.717, 1.165) is 6.08 Å². The predicted molar refractivity (Wildman–Crippen MR) is 97.3 cm³/mol. The summed E-state index contributed by atoms with van der Waals surface area (Å²) in [4.78, 5) is -1.18. The molecule has 7 nitrogen and oxygen atoms in total. The Bertz CT molecular complexity index is 1120. The molecule has 0 unspecified atom stereocenters. The number of benzene rings is 2. The zero-order valence-electron chi connectivity index (χ0n) is 13.6. The fourth-order valence-electron chi connectivity index (χ4n) is 2.10. The molecule has 12 heteroatoms. The van der Waals surface area contributed by atoms with E-state index in [9.17, 15) is 25.6 Å². The van der Waals surface area contributed by atoms with E-state index < -0.39 is 42.3 Å². The number of hydrogen-bond donors (Lipinski definition) is 2. The Morgan fingerprint density at radius 3 is 2.41 bits per heavy atom. The van der Waals surface area contributed by atoms with Gasteiger partial charge in [0.1, 0.15) is 22.3 Å². The number of primary sulfonamides is 1. The van der Waals surface area contributed by atoms with Crippen LogP contribution < -0.4 is 14.6 Å². The van der Waals surface area contributed by atoms with Gasteiger partial charge in [-0.25, -0.2) is 30.8 Å². The van der Waals surface area contributed by atoms with Crippen LogP contribution in [0, 0.1) is 11.6 Å². The molecule has 2 aromatic rings. The van der Waals surface area contributed by atoms with Gasteiger partial charge in [0, 0.05) is 16.7 Å². The van der Waals surface area contributed by atoms with Gasteiger partial charge in [0.15, 0.2) is 0 Å². The minimum absolute atomic E-state index is 0.270. The van der Waals surface area contributed by atoms with Gasteiger partial charge < -0.3 is 4.74 Å². The van der Waals surface area contributed by atoms with Crippen LogP contribution in [0.4, 0.5) is 14.5 Å². The van der Waals surface area contributed by atoms with Crippen LogP contribution in [0.2, 0.25) is 5.02 Å². The molecular formula is C15H13ClF2N2O5S2. The van der Waals surface area contributed by atoms with Gasteiger partial charge >= 0.3 is 0 Å². The summed E-state index contributed by atoms with van der Waals surface area (Å²) in [7, 11) is -7.67. The van der Waals surface area contributed by atoms with Gasteiger partial charge in [-0.3, -0.25) is 4.72 Å². The number of nitrogens with one attached hydrogen (secondary N) is 1. The molecule has 0 amide bonds. The van der Waals surface area contributed by atoms with Crippen molar-refractivity contribution in [3.8, 4) is 5.75 Å². The van der Waals surface area contributed by atoms with Crippen LogP contribution in [0.25, 0.3) is 6.08 Å². The first kappa shape index (κ1) is 21.1. The van der Waals surface area contributed by atoms with Gasteiger partial charge in [0.2, 0.25) is 10.0 Å². The molecule has 0 aromatic heterocycles. The lowest BCUT2D eigenvalue weighted by Gasteiger charge is -2.11. The summed E-state index contributed by atoms with van der Waals surface area (Å²) in [6.07, 6.45) is 1.13. The van der Waals surface area contributed by atoms with Crippen molar-refractivity contribution < 1.29 is 30.4 Å². The maximum absolute atomic E-state index is 13.8. The van der Waals surface area contributed by atoms with Crippen molar-refractivity contribution >= 4 is 43.4 Å². The number of rotatable bonds is 6. The molecule has 0 aliphatic rings. The number of sulfonamides is 2. The van der Waals surface area contributed by atoms with Crippen LogP contribution in [0.3, 0.4) is 0 Å². The molecule has 27 heavy (non-hydrogen) atoms. The van der Waals surface area contributed by atoms with Gasteiger partial charge in [-0.2, -0.15) is 0 Å². The highest BCUT2D eigenvalue weighted by Crippen LogP contribution is 2.27. The van der Waals surface area contributed by atoms with Gasteiger partial charge in [0.25, 0.3) is 10.0 Å². The van der Waals surface area contributed by atoms with Crippen LogP contribution in [0.5, 0.6) is 5.75 Å². The minimum atomic E-state index is -4.66. The zero-order valence-corrected chi connectivity index (χ0v) is 16.0. The van der Waals surface area contributed by atoms with E-state index in [0.29, 0.717) is 22.1 Å². The van der Waals surface area contributed by atoms with Gasteiger partial charge in [0.05, 0.1) is 18.2 Å². The molecule has 0 heterocycles. The third-order valence-electron chi connectivity index (χ3n) is 3.17. The number of halogens is 3. The molecule has 0 saturated carbocycles. The normalized spacial score (nSPS) is 12.3. The predicted octanol–water partition coefficient (Wildman–Crippen LogP) is 2.69. The van der Waals surface area contributed by atoms with Crippen LogP contribution in [-0.2, 0) is 20.0 Å². The second-order valence-electron chi connectivity index (χ2n) is 5.15. The lowest BCUT2D eigenvalue weighted by Crippen LogP contribution is -2.19. The molecule has 2 aromatic carbocycles. The van der Waals surface area contributed by atoms with E-state index in [1.807, 2.05) is 0 Å². The van der Waals surface area contributed by atoms with E-state index in [2.05, 4.69) is 0 Å². The molecule has 0 atom stereocenters. The quantitative estimate of drug-likeness (QED) is 0.719. The number of anilines is 1. The number of methoxy groups -OCH3 is 1. The van der Waals surface area contributed by atoms with E-state index >= 15 is 0 Å². The average Bonchev–Trinajstić information content (AvgIpc) is 2.51. The maximum atomic E-state index is 13.8. The lowest BCUT2D eigenvalue weighted by atomic mass is 10.2. The Balaban J connectivity index is 2.43. The molecule has 0 aliphatic heterocycles. The molecule has 0 radical (unpaired) electrons. The van der Waals surface area contributed by atoms with Crippen molar-refractivity contribution in [2.75, 3.05) is 11.8 Å². The smallest absolute Gasteiger partial charge is 0.255 e. The molecule has 0 spiro atoms. The summed E-state index contributed by atoms with van der Waals surface area (Å²) in [6, 6.07) is 5.18. The largest absolute Gasteiger partial charge is 0.496 e. The second kappa shape index (κ2) is 7.80. The second-order valence-corrected chi connectivity index (χ2v) is 8.65. The van der Waals surface area contributed by atoms with Crippen molar-refractivity contribution in [3.05, 3.63) is 58.0 Å². The van der Waals surface area contributed by atoms with Gasteiger partial charge in [-0.05, 0) is 30.3 Å². The fraction of sp³-hybridized carbons (Fsp3) is 0.0667. The lowest BCUT2D eigenvalue weighted by molar-refractivity contribution is 0.414. The van der Waals surface area contributed by atoms with E-state index in [1.165, 1.54) is 25.3 Å². The molecular weight excluding hydrogens is 426 g/mol. The number of nitrogens with two attached hydrogens (primary N) is 1. The average molecular weight is 439 g/mol. The van der Waals surface area contributed by atoms with Gasteiger partial charge in [-0.15, -0.1) is 0 Å². The SMILES string of the molecule is COc1cc(Cl)ccc1C=CS(=O)(=O)Nc1cc(F)cc(F)c1S(N)(=O)=O. The number of ether oxygens (including phenoxy) is 1. The van der Waals surface area contributed by atoms with E-state index in [1.54, 1.807) is 4.72 Å². The fourth-order valence-corrected chi connectivity index (χ4v) is 3.93. The Kier molecular flexibility index (Phi) is 6.10. The van der Waals surface area contributed by atoms with Crippen molar-refractivity contribution in [2.24, 2.45) is 5.14 Å². The summed E-state index contributed by atoms with van der Waals surface area (Å²) >= 11 is 5.81. The highest BCUT2D eigenvalue weighted by molar-refractivity contribution is 7.95. The first-order chi connectivity index (χ1) is 12.4. The van der Waals surface area contributed by atoms with Crippen molar-refractivity contribution in [2.45, 2.75) is 4.90 Å². The third kappa shape index (κ3) is 5.39. The summed E-state index contributed by atoms with van der Waals surface area (Å²) in [6.45, 7) is 0. The summed E-state index contributed by atoms with van der Waals surface area (Å²) in [5, 5.41) is 5.89. The summed E-state index contributed by atoms with van der Waals surface area (Å²) in [5.74, 6) is -2.45. The first-order valence-corrected chi connectivity index (χ1v) is 10.5. The van der Waals surface area contributed by atoms with Crippen molar-refractivity contribution in [3.63, 3.8) is 0 Å². The van der Waals surface area contributed by atoms with E-state index in [-0.39, 0.29) is 11.8 Å². The molecule has 0 aliphatic carbocycles. The highest BCUT2D eigenvalue weighted by Gasteiger charge is 2.23. The van der Waals surface area contributed by atoms with Crippen LogP contribution in [-0.4, -0.2) is 23.9 Å². The minimum Gasteiger partial charge on any atom is -0.496 e.